The van der Waals surface area contributed by atoms with Crippen molar-refractivity contribution in [3.63, 3.8) is 0 Å². The Balaban J connectivity index is 2.09. The molecular formula is C16H25NO. The van der Waals surface area contributed by atoms with Crippen molar-refractivity contribution in [1.29, 1.82) is 0 Å². The van der Waals surface area contributed by atoms with Gasteiger partial charge in [-0.2, -0.15) is 0 Å². The SMILES string of the molecule is CC1CCC(Nc2ccccc2C(C)O)C(C)C1. The Morgan fingerprint density at radius 3 is 2.61 bits per heavy atom. The van der Waals surface area contributed by atoms with E-state index in [-0.39, 0.29) is 0 Å². The number of anilines is 1. The minimum Gasteiger partial charge on any atom is -0.389 e. The van der Waals surface area contributed by atoms with Gasteiger partial charge < -0.3 is 10.4 Å². The highest BCUT2D eigenvalue weighted by Gasteiger charge is 2.25. The van der Waals surface area contributed by atoms with E-state index in [4.69, 9.17) is 0 Å². The lowest BCUT2D eigenvalue weighted by Gasteiger charge is -2.34. The number of hydrogen-bond acceptors (Lipinski definition) is 2. The first kappa shape index (κ1) is 13.4. The van der Waals surface area contributed by atoms with E-state index in [2.05, 4.69) is 25.2 Å². The molecule has 18 heavy (non-hydrogen) atoms. The van der Waals surface area contributed by atoms with Crippen LogP contribution in [0.2, 0.25) is 0 Å². The standard InChI is InChI=1S/C16H25NO/c1-11-8-9-15(12(2)10-11)17-16-7-5-4-6-14(16)13(3)18/h4-7,11-13,15,17-18H,8-10H2,1-3H3. The van der Waals surface area contributed by atoms with Crippen LogP contribution in [0, 0.1) is 11.8 Å². The zero-order chi connectivity index (χ0) is 13.1. The topological polar surface area (TPSA) is 32.3 Å². The molecule has 2 heteroatoms. The first-order valence-corrected chi connectivity index (χ1v) is 7.11. The van der Waals surface area contributed by atoms with Gasteiger partial charge in [0, 0.05) is 17.3 Å². The van der Waals surface area contributed by atoms with Gasteiger partial charge in [-0.3, -0.25) is 0 Å². The Morgan fingerprint density at radius 2 is 1.94 bits per heavy atom. The van der Waals surface area contributed by atoms with Gasteiger partial charge in [0.05, 0.1) is 6.10 Å². The van der Waals surface area contributed by atoms with E-state index < -0.39 is 6.10 Å². The smallest absolute Gasteiger partial charge is 0.0781 e. The van der Waals surface area contributed by atoms with Crippen LogP contribution in [0.1, 0.15) is 51.7 Å². The average molecular weight is 247 g/mol. The van der Waals surface area contributed by atoms with Crippen molar-refractivity contribution in [2.24, 2.45) is 11.8 Å². The number of hydrogen-bond donors (Lipinski definition) is 2. The van der Waals surface area contributed by atoms with E-state index in [1.54, 1.807) is 0 Å². The molecule has 4 unspecified atom stereocenters. The van der Waals surface area contributed by atoms with Crippen LogP contribution in [-0.2, 0) is 0 Å². The van der Waals surface area contributed by atoms with Gasteiger partial charge in [0.15, 0.2) is 0 Å². The van der Waals surface area contributed by atoms with Crippen molar-refractivity contribution in [3.05, 3.63) is 29.8 Å². The summed E-state index contributed by atoms with van der Waals surface area (Å²) in [6.07, 6.45) is 3.43. The molecule has 0 bridgehead atoms. The molecule has 1 aromatic carbocycles. The number of aliphatic hydroxyl groups excluding tert-OH is 1. The van der Waals surface area contributed by atoms with Gasteiger partial charge in [-0.25, -0.2) is 0 Å². The predicted molar refractivity (Wildman–Crippen MR) is 76.7 cm³/mol. The fraction of sp³-hybridized carbons (Fsp3) is 0.625. The highest BCUT2D eigenvalue weighted by atomic mass is 16.3. The molecule has 100 valence electrons. The molecular weight excluding hydrogens is 222 g/mol. The van der Waals surface area contributed by atoms with Gasteiger partial charge >= 0.3 is 0 Å². The van der Waals surface area contributed by atoms with Gasteiger partial charge in [0.1, 0.15) is 0 Å². The second kappa shape index (κ2) is 5.75. The highest BCUT2D eigenvalue weighted by molar-refractivity contribution is 5.52. The summed E-state index contributed by atoms with van der Waals surface area (Å²) >= 11 is 0. The molecule has 0 heterocycles. The molecule has 0 aromatic heterocycles. The van der Waals surface area contributed by atoms with E-state index in [1.165, 1.54) is 19.3 Å². The quantitative estimate of drug-likeness (QED) is 0.847. The molecule has 2 rings (SSSR count). The second-order valence-corrected chi connectivity index (χ2v) is 5.91. The highest BCUT2D eigenvalue weighted by Crippen LogP contribution is 2.32. The lowest BCUT2D eigenvalue weighted by molar-refractivity contribution is 0.199. The van der Waals surface area contributed by atoms with Gasteiger partial charge in [0.2, 0.25) is 0 Å². The van der Waals surface area contributed by atoms with Crippen molar-refractivity contribution in [1.82, 2.24) is 0 Å². The molecule has 0 saturated heterocycles. The summed E-state index contributed by atoms with van der Waals surface area (Å²) in [5.41, 5.74) is 2.10. The molecule has 1 saturated carbocycles. The largest absolute Gasteiger partial charge is 0.389 e. The zero-order valence-electron chi connectivity index (χ0n) is 11.7. The van der Waals surface area contributed by atoms with Crippen molar-refractivity contribution >= 4 is 5.69 Å². The number of aliphatic hydroxyl groups is 1. The molecule has 1 fully saturated rings. The zero-order valence-corrected chi connectivity index (χ0v) is 11.7. The third-order valence-corrected chi connectivity index (χ3v) is 4.18. The summed E-state index contributed by atoms with van der Waals surface area (Å²) in [5, 5.41) is 13.4. The number of para-hydroxylation sites is 1. The van der Waals surface area contributed by atoms with Crippen molar-refractivity contribution in [2.75, 3.05) is 5.32 Å². The van der Waals surface area contributed by atoms with Crippen LogP contribution in [0.4, 0.5) is 5.69 Å². The second-order valence-electron chi connectivity index (χ2n) is 5.91. The minimum absolute atomic E-state index is 0.411. The summed E-state index contributed by atoms with van der Waals surface area (Å²) in [5.74, 6) is 1.56. The Hall–Kier alpha value is -1.02. The fourth-order valence-corrected chi connectivity index (χ4v) is 3.07. The molecule has 0 amide bonds. The van der Waals surface area contributed by atoms with Crippen molar-refractivity contribution < 1.29 is 5.11 Å². The van der Waals surface area contributed by atoms with Crippen LogP contribution < -0.4 is 5.32 Å². The summed E-state index contributed by atoms with van der Waals surface area (Å²) in [6.45, 7) is 6.50. The monoisotopic (exact) mass is 247 g/mol. The van der Waals surface area contributed by atoms with Crippen LogP contribution in [0.15, 0.2) is 24.3 Å². The third-order valence-electron chi connectivity index (χ3n) is 4.18. The Morgan fingerprint density at radius 1 is 1.22 bits per heavy atom. The van der Waals surface area contributed by atoms with Crippen LogP contribution >= 0.6 is 0 Å². The van der Waals surface area contributed by atoms with Gasteiger partial charge in [-0.05, 0) is 44.1 Å². The van der Waals surface area contributed by atoms with Crippen molar-refractivity contribution in [3.8, 4) is 0 Å². The Bertz CT molecular complexity index is 388. The Labute approximate surface area is 110 Å². The lowest BCUT2D eigenvalue weighted by Crippen LogP contribution is -2.33. The first-order chi connectivity index (χ1) is 8.58. The molecule has 0 radical (unpaired) electrons. The summed E-state index contributed by atoms with van der Waals surface area (Å²) in [6, 6.07) is 8.64. The van der Waals surface area contributed by atoms with Gasteiger partial charge in [-0.1, -0.05) is 32.0 Å². The maximum atomic E-state index is 9.80. The van der Waals surface area contributed by atoms with Gasteiger partial charge in [-0.15, -0.1) is 0 Å². The number of nitrogens with one attached hydrogen (secondary N) is 1. The molecule has 2 N–H and O–H groups in total. The van der Waals surface area contributed by atoms with E-state index in [0.29, 0.717) is 12.0 Å². The van der Waals surface area contributed by atoms with Gasteiger partial charge in [0.25, 0.3) is 0 Å². The van der Waals surface area contributed by atoms with Crippen LogP contribution in [0.5, 0.6) is 0 Å². The first-order valence-electron chi connectivity index (χ1n) is 7.11. The van der Waals surface area contributed by atoms with Crippen LogP contribution in [-0.4, -0.2) is 11.1 Å². The molecule has 0 aliphatic heterocycles. The number of benzene rings is 1. The van der Waals surface area contributed by atoms with Crippen LogP contribution in [0.3, 0.4) is 0 Å². The van der Waals surface area contributed by atoms with E-state index >= 15 is 0 Å². The van der Waals surface area contributed by atoms with E-state index in [0.717, 1.165) is 17.2 Å². The average Bonchev–Trinajstić information content (AvgIpc) is 2.33. The minimum atomic E-state index is -0.411. The van der Waals surface area contributed by atoms with E-state index in [1.807, 2.05) is 25.1 Å². The third kappa shape index (κ3) is 3.05. The summed E-state index contributed by atoms with van der Waals surface area (Å²) in [7, 11) is 0. The van der Waals surface area contributed by atoms with E-state index in [9.17, 15) is 5.11 Å². The molecule has 2 nitrogen and oxygen atoms in total. The predicted octanol–water partition coefficient (Wildman–Crippen LogP) is 3.98. The molecule has 1 aliphatic rings. The maximum absolute atomic E-state index is 9.80. The summed E-state index contributed by atoms with van der Waals surface area (Å²) in [4.78, 5) is 0. The summed E-state index contributed by atoms with van der Waals surface area (Å²) < 4.78 is 0. The van der Waals surface area contributed by atoms with Crippen LogP contribution in [0.25, 0.3) is 0 Å². The normalized spacial score (nSPS) is 29.9. The number of rotatable bonds is 3. The lowest BCUT2D eigenvalue weighted by atomic mass is 9.79. The maximum Gasteiger partial charge on any atom is 0.0781 e. The fourth-order valence-electron chi connectivity index (χ4n) is 3.07. The molecule has 4 atom stereocenters. The molecule has 0 spiro atoms. The molecule has 1 aromatic rings. The molecule has 1 aliphatic carbocycles. The van der Waals surface area contributed by atoms with Crippen molar-refractivity contribution in [2.45, 2.75) is 52.2 Å². The Kier molecular flexibility index (Phi) is 4.28.